The van der Waals surface area contributed by atoms with Crippen molar-refractivity contribution in [1.82, 2.24) is 5.32 Å². The molecule has 168 valence electrons. The second kappa shape index (κ2) is 9.73. The molecule has 0 aromatic heterocycles. The number of rotatable bonds is 7. The highest BCUT2D eigenvalue weighted by Gasteiger charge is 2.34. The van der Waals surface area contributed by atoms with E-state index in [0.29, 0.717) is 6.54 Å². The zero-order valence-corrected chi connectivity index (χ0v) is 17.8. The van der Waals surface area contributed by atoms with Crippen molar-refractivity contribution in [1.29, 1.82) is 0 Å². The molecule has 0 bridgehead atoms. The number of hydrogen-bond donors (Lipinski definition) is 4. The number of primary sulfonamides is 1. The average Bonchev–Trinajstić information content (AvgIpc) is 3.15. The largest absolute Gasteiger partial charge is 0.369 e. The summed E-state index contributed by atoms with van der Waals surface area (Å²) in [5.41, 5.74) is 0.713. The lowest BCUT2D eigenvalue weighted by Gasteiger charge is -2.25. The third-order valence-corrected chi connectivity index (χ3v) is 6.18. The molecule has 0 unspecified atom stereocenters. The van der Waals surface area contributed by atoms with Crippen LogP contribution in [-0.4, -0.2) is 44.8 Å². The molecule has 9 nitrogen and oxygen atoms in total. The maximum atomic E-state index is 13.8. The van der Waals surface area contributed by atoms with E-state index in [0.717, 1.165) is 43.9 Å². The number of hydrogen-bond acceptors (Lipinski definition) is 5. The van der Waals surface area contributed by atoms with Gasteiger partial charge in [-0.2, -0.15) is 13.8 Å². The highest BCUT2D eigenvalue weighted by Crippen LogP contribution is 2.21. The van der Waals surface area contributed by atoms with Crippen molar-refractivity contribution < 1.29 is 42.3 Å². The molecule has 3 rings (SSSR count). The van der Waals surface area contributed by atoms with Gasteiger partial charge in [0.05, 0.1) is 18.8 Å². The maximum absolute atomic E-state index is 13.8. The molecule has 0 saturated heterocycles. The Morgan fingerprint density at radius 2 is 1.84 bits per heavy atom. The summed E-state index contributed by atoms with van der Waals surface area (Å²) in [6.45, 7) is 0.507. The Labute approximate surface area is 178 Å². The average molecular weight is 459 g/mol. The molecule has 1 aliphatic carbocycles. The van der Waals surface area contributed by atoms with Crippen molar-refractivity contribution in [2.24, 2.45) is 11.0 Å². The number of nitrogens with two attached hydrogens (primary N) is 3. The number of benzene rings is 1. The zero-order chi connectivity index (χ0) is 22.6. The summed E-state index contributed by atoms with van der Waals surface area (Å²) < 4.78 is 51.5. The molecule has 31 heavy (non-hydrogen) atoms. The van der Waals surface area contributed by atoms with Crippen LogP contribution in [0.15, 0.2) is 35.2 Å². The number of nitrogens with zero attached hydrogens (tertiary/aromatic N) is 1. The van der Waals surface area contributed by atoms with E-state index in [4.69, 9.17) is 0 Å². The van der Waals surface area contributed by atoms with Crippen molar-refractivity contribution in [2.75, 3.05) is 12.8 Å². The smallest absolute Gasteiger partial charge is 0.315 e. The van der Waals surface area contributed by atoms with E-state index < -0.39 is 33.1 Å². The fourth-order valence-corrected chi connectivity index (χ4v) is 4.35. The van der Waals surface area contributed by atoms with Crippen LogP contribution < -0.4 is 20.8 Å². The zero-order valence-electron chi connectivity index (χ0n) is 17.0. The number of quaternary nitrogens is 3. The van der Waals surface area contributed by atoms with Gasteiger partial charge in [-0.3, -0.25) is 10.1 Å². The monoisotopic (exact) mass is 458 g/mol. The van der Waals surface area contributed by atoms with Gasteiger partial charge >= 0.3 is 5.91 Å². The number of primary amides is 1. The predicted octanol–water partition coefficient (Wildman–Crippen LogP) is -2.36. The van der Waals surface area contributed by atoms with Crippen LogP contribution in [0.4, 0.5) is 8.78 Å². The van der Waals surface area contributed by atoms with E-state index in [1.54, 1.807) is 5.32 Å². The Kier molecular flexibility index (Phi) is 7.26. The quantitative estimate of drug-likeness (QED) is 0.339. The topological polar surface area (TPSA) is 142 Å². The number of carbonyl (C=O) groups is 2. The van der Waals surface area contributed by atoms with E-state index >= 15 is 0 Å². The van der Waals surface area contributed by atoms with Crippen molar-refractivity contribution >= 4 is 27.5 Å². The number of carbonyl (C=O) groups excluding carboxylic acids is 2. The fourth-order valence-electron chi connectivity index (χ4n) is 3.73. The lowest BCUT2D eigenvalue weighted by Crippen LogP contribution is -2.95. The molecule has 12 heteroatoms. The Balaban J connectivity index is 1.53. The third-order valence-electron chi connectivity index (χ3n) is 5.38. The van der Waals surface area contributed by atoms with Crippen LogP contribution in [0.5, 0.6) is 0 Å². The van der Waals surface area contributed by atoms with Crippen LogP contribution in [0.25, 0.3) is 0 Å². The van der Waals surface area contributed by atoms with Crippen molar-refractivity contribution in [3.63, 3.8) is 0 Å². The summed E-state index contributed by atoms with van der Waals surface area (Å²) in [7, 11) is -3.10. The molecule has 0 atom stereocenters. The first kappa shape index (κ1) is 23.1. The second-order valence-corrected chi connectivity index (χ2v) is 9.79. The van der Waals surface area contributed by atoms with Gasteiger partial charge in [0.25, 0.3) is 21.6 Å². The molecule has 7 N–H and O–H groups in total. The molecule has 0 radical (unpaired) electrons. The second-order valence-electron chi connectivity index (χ2n) is 7.80. The third kappa shape index (κ3) is 6.23. The van der Waals surface area contributed by atoms with Crippen LogP contribution in [0.3, 0.4) is 0 Å². The molecule has 0 spiro atoms. The first-order chi connectivity index (χ1) is 14.6. The molecule has 1 saturated carbocycles. The van der Waals surface area contributed by atoms with E-state index in [1.807, 2.05) is 0 Å². The minimum absolute atomic E-state index is 0.0117. The molecular weight excluding hydrogens is 432 g/mol. The van der Waals surface area contributed by atoms with Crippen LogP contribution in [-0.2, 0) is 14.8 Å². The molecule has 1 fully saturated rings. The molecule has 1 aromatic carbocycles. The van der Waals surface area contributed by atoms with E-state index in [1.165, 1.54) is 22.6 Å². The summed E-state index contributed by atoms with van der Waals surface area (Å²) in [5.74, 6) is -3.10. The van der Waals surface area contributed by atoms with E-state index in [9.17, 15) is 26.8 Å². The summed E-state index contributed by atoms with van der Waals surface area (Å²) in [6.07, 6.45) is 5.69. The van der Waals surface area contributed by atoms with Gasteiger partial charge in [0.2, 0.25) is 0 Å². The molecule has 1 aliphatic heterocycles. The molecule has 2 amide bonds. The Hall–Kier alpha value is -2.54. The van der Waals surface area contributed by atoms with Crippen LogP contribution in [0.2, 0.25) is 0 Å². The SMILES string of the molecule is CS(=O)(=O)[NH2+]CC1CCC([NH2+]C(=O)C2=N[NH2+]C=C2NC(=O)c2c(F)cccc2F)CC1. The molecule has 1 heterocycles. The van der Waals surface area contributed by atoms with Gasteiger partial charge in [0.1, 0.15) is 29.1 Å². The van der Waals surface area contributed by atoms with Gasteiger partial charge in [-0.25, -0.2) is 18.3 Å². The number of amides is 2. The lowest BCUT2D eigenvalue weighted by molar-refractivity contribution is -0.606. The maximum Gasteiger partial charge on any atom is 0.369 e. The van der Waals surface area contributed by atoms with E-state index in [2.05, 4.69) is 10.4 Å². The fraction of sp³-hybridized carbons (Fsp3) is 0.421. The van der Waals surface area contributed by atoms with Gasteiger partial charge in [0, 0.05) is 18.8 Å². The standard InChI is InChI=1S/C19H23F2N5O4S/c1-31(29,30)23-9-11-5-7-12(8-6-11)24-19(28)17-15(10-22-26-17)25-18(27)16-13(20)3-2-4-14(16)21/h2-4,10-12,23H,5-9H2,1H3,(H,22,26)(H,24,28)(H,25,27)/p+3. The number of halogens is 2. The van der Waals surface area contributed by atoms with Crippen molar-refractivity contribution in [3.8, 4) is 0 Å². The summed E-state index contributed by atoms with van der Waals surface area (Å²) in [5, 5.41) is 7.90. The molecule has 1 aromatic rings. The van der Waals surface area contributed by atoms with Crippen LogP contribution in [0, 0.1) is 17.6 Å². The summed E-state index contributed by atoms with van der Waals surface area (Å²) in [4.78, 5) is 25.0. The molecule has 2 aliphatic rings. The Bertz CT molecular complexity index is 1010. The van der Waals surface area contributed by atoms with Crippen molar-refractivity contribution in [3.05, 3.63) is 47.3 Å². The van der Waals surface area contributed by atoms with Crippen molar-refractivity contribution in [2.45, 2.75) is 31.7 Å². The normalized spacial score (nSPS) is 21.4. The van der Waals surface area contributed by atoms with Gasteiger partial charge in [-0.15, -0.1) is 0 Å². The minimum Gasteiger partial charge on any atom is -0.315 e. The predicted molar refractivity (Wildman–Crippen MR) is 106 cm³/mol. The summed E-state index contributed by atoms with van der Waals surface area (Å²) in [6, 6.07) is 3.13. The van der Waals surface area contributed by atoms with Gasteiger partial charge in [-0.1, -0.05) is 11.2 Å². The van der Waals surface area contributed by atoms with Gasteiger partial charge in [0.15, 0.2) is 0 Å². The minimum atomic E-state index is -3.10. The highest BCUT2D eigenvalue weighted by molar-refractivity contribution is 7.83. The Morgan fingerprint density at radius 1 is 1.19 bits per heavy atom. The first-order valence-electron chi connectivity index (χ1n) is 9.93. The van der Waals surface area contributed by atoms with Gasteiger partial charge < -0.3 is 5.32 Å². The molecular formula is C19H26F2N5O4S+3. The summed E-state index contributed by atoms with van der Waals surface area (Å²) >= 11 is 0. The van der Waals surface area contributed by atoms with E-state index in [-0.39, 0.29) is 29.3 Å². The van der Waals surface area contributed by atoms with Crippen LogP contribution in [0.1, 0.15) is 36.0 Å². The number of nitrogens with one attached hydrogen (secondary N) is 1. The Morgan fingerprint density at radius 3 is 2.45 bits per heavy atom. The first-order valence-corrected chi connectivity index (χ1v) is 11.9. The number of sulfonamides is 1. The van der Waals surface area contributed by atoms with Gasteiger partial charge in [-0.05, 0) is 25.0 Å². The lowest BCUT2D eigenvalue weighted by atomic mass is 9.86. The van der Waals surface area contributed by atoms with Crippen LogP contribution >= 0.6 is 0 Å². The highest BCUT2D eigenvalue weighted by atomic mass is 32.2.